The second-order valence-corrected chi connectivity index (χ2v) is 9.64. The fraction of sp³-hybridized carbons (Fsp3) is 0.944. The highest BCUT2D eigenvalue weighted by Crippen LogP contribution is 2.18. The van der Waals surface area contributed by atoms with Gasteiger partial charge in [-0.1, -0.05) is 0 Å². The predicted octanol–water partition coefficient (Wildman–Crippen LogP) is 0.647. The van der Waals surface area contributed by atoms with E-state index >= 15 is 0 Å². The first-order valence-electron chi connectivity index (χ1n) is 10.2. The molecule has 0 aliphatic carbocycles. The first-order valence-corrected chi connectivity index (χ1v) is 11.9. The highest BCUT2D eigenvalue weighted by molar-refractivity contribution is 7.89. The molecular formula is C18H34N4O4S. The second-order valence-electron chi connectivity index (χ2n) is 7.55. The van der Waals surface area contributed by atoms with Crippen LogP contribution < -0.4 is 5.32 Å². The molecule has 3 aliphatic rings. The van der Waals surface area contributed by atoms with Crippen molar-refractivity contribution in [2.75, 3.05) is 58.7 Å². The van der Waals surface area contributed by atoms with Crippen molar-refractivity contribution in [3.63, 3.8) is 0 Å². The first-order chi connectivity index (χ1) is 13.1. The Morgan fingerprint density at radius 2 is 2.00 bits per heavy atom. The van der Waals surface area contributed by atoms with Gasteiger partial charge in [-0.05, 0) is 38.5 Å². The van der Waals surface area contributed by atoms with E-state index in [-0.39, 0.29) is 11.9 Å². The maximum Gasteiger partial charge on any atom is 0.214 e. The smallest absolute Gasteiger partial charge is 0.214 e. The van der Waals surface area contributed by atoms with Crippen molar-refractivity contribution in [3.05, 3.63) is 0 Å². The molecular weight excluding hydrogens is 368 g/mol. The molecule has 156 valence electrons. The Labute approximate surface area is 163 Å². The van der Waals surface area contributed by atoms with Gasteiger partial charge in [-0.3, -0.25) is 4.99 Å². The number of rotatable bonds is 6. The minimum Gasteiger partial charge on any atom is -0.376 e. The number of piperidine rings is 1. The van der Waals surface area contributed by atoms with Gasteiger partial charge in [0.25, 0.3) is 0 Å². The van der Waals surface area contributed by atoms with Crippen molar-refractivity contribution in [1.82, 2.24) is 14.5 Å². The number of nitrogens with one attached hydrogen (secondary N) is 1. The molecule has 0 aromatic carbocycles. The van der Waals surface area contributed by atoms with Crippen molar-refractivity contribution >= 4 is 16.0 Å². The normalized spacial score (nSPS) is 27.8. The molecule has 0 aromatic heterocycles. The topological polar surface area (TPSA) is 83.5 Å². The Balaban J connectivity index is 1.34. The van der Waals surface area contributed by atoms with Crippen LogP contribution in [0.3, 0.4) is 0 Å². The van der Waals surface area contributed by atoms with Crippen LogP contribution in [0.5, 0.6) is 0 Å². The monoisotopic (exact) mass is 402 g/mol. The van der Waals surface area contributed by atoms with Gasteiger partial charge in [0.2, 0.25) is 10.0 Å². The molecule has 0 saturated carbocycles. The molecule has 8 nitrogen and oxygen atoms in total. The van der Waals surface area contributed by atoms with E-state index in [2.05, 4.69) is 15.2 Å². The highest BCUT2D eigenvalue weighted by Gasteiger charge is 2.28. The lowest BCUT2D eigenvalue weighted by Gasteiger charge is -2.35. The Morgan fingerprint density at radius 1 is 1.19 bits per heavy atom. The summed E-state index contributed by atoms with van der Waals surface area (Å²) in [5.41, 5.74) is 0. The molecule has 3 aliphatic heterocycles. The van der Waals surface area contributed by atoms with E-state index in [1.54, 1.807) is 11.4 Å². The molecule has 3 heterocycles. The fourth-order valence-corrected chi connectivity index (χ4v) is 5.51. The summed E-state index contributed by atoms with van der Waals surface area (Å²) in [6.07, 6.45) is 6.78. The molecule has 0 amide bonds. The summed E-state index contributed by atoms with van der Waals surface area (Å²) in [5.74, 6) is 1.13. The maximum atomic E-state index is 11.9. The number of sulfonamides is 1. The van der Waals surface area contributed by atoms with Crippen LogP contribution in [-0.2, 0) is 19.5 Å². The Hall–Kier alpha value is -0.900. The van der Waals surface area contributed by atoms with Gasteiger partial charge in [-0.25, -0.2) is 12.7 Å². The largest absolute Gasteiger partial charge is 0.376 e. The van der Waals surface area contributed by atoms with E-state index in [4.69, 9.17) is 9.47 Å². The summed E-state index contributed by atoms with van der Waals surface area (Å²) < 4.78 is 37.1. The van der Waals surface area contributed by atoms with Gasteiger partial charge in [0, 0.05) is 46.4 Å². The van der Waals surface area contributed by atoms with E-state index < -0.39 is 10.0 Å². The standard InChI is InChI=1S/C18H34N4O4S/c1-19-18(20-8-12-22-9-4-14-27(22,23)24)21-10-6-16(7-11-21)26-15-17-5-2-3-13-25-17/h16-17H,2-15H2,1H3,(H,19,20). The molecule has 0 spiro atoms. The Bertz CT molecular complexity index is 584. The Morgan fingerprint density at radius 3 is 2.63 bits per heavy atom. The van der Waals surface area contributed by atoms with Crippen LogP contribution in [0.25, 0.3) is 0 Å². The number of hydrogen-bond acceptors (Lipinski definition) is 5. The molecule has 0 aromatic rings. The predicted molar refractivity (Wildman–Crippen MR) is 105 cm³/mol. The van der Waals surface area contributed by atoms with Gasteiger partial charge in [0.15, 0.2) is 5.96 Å². The van der Waals surface area contributed by atoms with E-state index in [0.717, 1.165) is 51.3 Å². The molecule has 9 heteroatoms. The zero-order valence-corrected chi connectivity index (χ0v) is 17.3. The summed E-state index contributed by atoms with van der Waals surface area (Å²) in [5, 5.41) is 3.31. The minimum absolute atomic E-state index is 0.271. The van der Waals surface area contributed by atoms with Crippen molar-refractivity contribution < 1.29 is 17.9 Å². The van der Waals surface area contributed by atoms with Crippen molar-refractivity contribution in [2.45, 2.75) is 50.7 Å². The summed E-state index contributed by atoms with van der Waals surface area (Å²) in [4.78, 5) is 6.59. The number of aliphatic imine (C=N–C) groups is 1. The molecule has 27 heavy (non-hydrogen) atoms. The third kappa shape index (κ3) is 6.04. The lowest BCUT2D eigenvalue weighted by atomic mass is 10.1. The zero-order valence-electron chi connectivity index (χ0n) is 16.4. The number of likely N-dealkylation sites (tertiary alicyclic amines) is 1. The van der Waals surface area contributed by atoms with Crippen LogP contribution in [0.2, 0.25) is 0 Å². The number of ether oxygens (including phenoxy) is 2. The summed E-state index contributed by atoms with van der Waals surface area (Å²) >= 11 is 0. The van der Waals surface area contributed by atoms with Crippen LogP contribution >= 0.6 is 0 Å². The number of hydrogen-bond donors (Lipinski definition) is 1. The van der Waals surface area contributed by atoms with Gasteiger partial charge in [0.05, 0.1) is 24.6 Å². The molecule has 3 saturated heterocycles. The first kappa shape index (κ1) is 20.8. The summed E-state index contributed by atoms with van der Waals surface area (Å²) in [6.45, 7) is 5.10. The summed E-state index contributed by atoms with van der Waals surface area (Å²) in [7, 11) is -1.25. The van der Waals surface area contributed by atoms with Gasteiger partial charge in [0.1, 0.15) is 0 Å². The lowest BCUT2D eigenvalue weighted by Crippen LogP contribution is -2.48. The van der Waals surface area contributed by atoms with E-state index in [9.17, 15) is 8.42 Å². The molecule has 1 unspecified atom stereocenters. The van der Waals surface area contributed by atoms with Crippen molar-refractivity contribution in [2.24, 2.45) is 4.99 Å². The third-order valence-electron chi connectivity index (χ3n) is 5.59. The average molecular weight is 403 g/mol. The molecule has 0 bridgehead atoms. The van der Waals surface area contributed by atoms with Crippen molar-refractivity contribution in [1.29, 1.82) is 0 Å². The van der Waals surface area contributed by atoms with Gasteiger partial charge in [-0.15, -0.1) is 0 Å². The molecule has 1 atom stereocenters. The SMILES string of the molecule is CN=C(NCCN1CCCS1(=O)=O)N1CCC(OCC2CCCCO2)CC1. The third-order valence-corrected chi connectivity index (χ3v) is 7.55. The summed E-state index contributed by atoms with van der Waals surface area (Å²) in [6, 6.07) is 0. The molecule has 1 N–H and O–H groups in total. The Kier molecular flexibility index (Phi) is 7.75. The molecule has 3 rings (SSSR count). The highest BCUT2D eigenvalue weighted by atomic mass is 32.2. The number of guanidine groups is 1. The minimum atomic E-state index is -3.03. The molecule has 0 radical (unpaired) electrons. The van der Waals surface area contributed by atoms with Gasteiger partial charge >= 0.3 is 0 Å². The van der Waals surface area contributed by atoms with E-state index in [1.165, 1.54) is 12.8 Å². The number of nitrogens with zero attached hydrogens (tertiary/aromatic N) is 3. The lowest BCUT2D eigenvalue weighted by molar-refractivity contribution is -0.0721. The average Bonchev–Trinajstić information content (AvgIpc) is 3.03. The van der Waals surface area contributed by atoms with Crippen molar-refractivity contribution in [3.8, 4) is 0 Å². The van der Waals surface area contributed by atoms with Gasteiger partial charge in [-0.2, -0.15) is 0 Å². The fourth-order valence-electron chi connectivity index (χ4n) is 3.98. The van der Waals surface area contributed by atoms with Crippen LogP contribution in [0, 0.1) is 0 Å². The maximum absolute atomic E-state index is 11.9. The van der Waals surface area contributed by atoms with Crippen LogP contribution in [0.1, 0.15) is 38.5 Å². The van der Waals surface area contributed by atoms with Crippen LogP contribution in [0.15, 0.2) is 4.99 Å². The van der Waals surface area contributed by atoms with E-state index in [0.29, 0.717) is 32.3 Å². The molecule has 3 fully saturated rings. The van der Waals surface area contributed by atoms with Crippen LogP contribution in [-0.4, -0.2) is 94.5 Å². The van der Waals surface area contributed by atoms with Gasteiger partial charge < -0.3 is 19.7 Å². The van der Waals surface area contributed by atoms with Crippen LogP contribution in [0.4, 0.5) is 0 Å². The van der Waals surface area contributed by atoms with E-state index in [1.807, 2.05) is 0 Å². The quantitative estimate of drug-likeness (QED) is 0.519. The second kappa shape index (κ2) is 10.0. The zero-order chi connectivity index (χ0) is 19.1.